The first kappa shape index (κ1) is 37.6. The van der Waals surface area contributed by atoms with E-state index in [1.165, 1.54) is 38.4 Å². The Bertz CT molecular complexity index is 1610. The molecule has 0 radical (unpaired) electrons. The van der Waals surface area contributed by atoms with Crippen LogP contribution in [0.5, 0.6) is 0 Å². The Balaban J connectivity index is 1.06. The maximum Gasteiger partial charge on any atom is 0.313 e. The highest BCUT2D eigenvalue weighted by molar-refractivity contribution is 5.95. The summed E-state index contributed by atoms with van der Waals surface area (Å²) in [5.41, 5.74) is 2.42. The van der Waals surface area contributed by atoms with E-state index in [9.17, 15) is 19.5 Å². The van der Waals surface area contributed by atoms with Crippen LogP contribution < -0.4 is 10.6 Å². The lowest BCUT2D eigenvalue weighted by Gasteiger charge is -2.72. The molecule has 0 bridgehead atoms. The molecule has 7 heteroatoms. The van der Waals surface area contributed by atoms with Crippen LogP contribution in [0.25, 0.3) is 0 Å². The monoisotopic (exact) mass is 714 g/mol. The molecule has 0 aliphatic heterocycles. The van der Waals surface area contributed by atoms with Gasteiger partial charge in [-0.15, -0.1) is 0 Å². The zero-order chi connectivity index (χ0) is 37.5. The van der Waals surface area contributed by atoms with Gasteiger partial charge in [-0.1, -0.05) is 58.9 Å². The van der Waals surface area contributed by atoms with Crippen LogP contribution in [-0.2, 0) is 20.7 Å². The summed E-state index contributed by atoms with van der Waals surface area (Å²) in [5, 5.41) is 17.5. The van der Waals surface area contributed by atoms with E-state index in [1.807, 2.05) is 18.2 Å². The quantitative estimate of drug-likeness (QED) is 0.178. The first-order valence-corrected chi connectivity index (χ1v) is 20.6. The number of methoxy groups -OCH3 is 1. The Hall–Kier alpha value is -2.67. The van der Waals surface area contributed by atoms with Gasteiger partial charge >= 0.3 is 5.97 Å². The number of carbonyl (C=O) groups is 3. The Labute approximate surface area is 312 Å². The Morgan fingerprint density at radius 2 is 1.62 bits per heavy atom. The van der Waals surface area contributed by atoms with Crippen molar-refractivity contribution in [3.8, 4) is 0 Å². The molecule has 2 amide bonds. The minimum absolute atomic E-state index is 0.0542. The molecule has 1 aromatic rings. The van der Waals surface area contributed by atoms with Crippen LogP contribution in [-0.4, -0.2) is 49.2 Å². The third kappa shape index (κ3) is 5.55. The molecule has 6 saturated carbocycles. The van der Waals surface area contributed by atoms with Crippen molar-refractivity contribution in [1.29, 1.82) is 0 Å². The van der Waals surface area contributed by atoms with Crippen LogP contribution in [0.1, 0.15) is 135 Å². The summed E-state index contributed by atoms with van der Waals surface area (Å²) in [6.45, 7) is 20.0. The van der Waals surface area contributed by atoms with E-state index in [2.05, 4.69) is 58.8 Å². The average molecular weight is 715 g/mol. The molecule has 6 aliphatic rings. The topological polar surface area (TPSA) is 105 Å². The lowest BCUT2D eigenvalue weighted by molar-refractivity contribution is -0.246. The van der Waals surface area contributed by atoms with Crippen molar-refractivity contribution in [3.05, 3.63) is 47.5 Å². The average Bonchev–Trinajstić information content (AvgIpc) is 3.80. The molecule has 6 fully saturated rings. The number of allylic oxidation sites excluding steroid dienone is 1. The minimum Gasteiger partial charge on any atom is -0.469 e. The number of benzene rings is 1. The maximum absolute atomic E-state index is 14.6. The number of carbonyl (C=O) groups excluding carboxylic acids is 3. The van der Waals surface area contributed by atoms with Crippen LogP contribution in [0, 0.1) is 62.1 Å². The highest BCUT2D eigenvalue weighted by Gasteiger charge is 2.71. The van der Waals surface area contributed by atoms with Gasteiger partial charge in [-0.3, -0.25) is 14.4 Å². The van der Waals surface area contributed by atoms with Gasteiger partial charge in [-0.25, -0.2) is 0 Å². The van der Waals surface area contributed by atoms with Crippen molar-refractivity contribution in [1.82, 2.24) is 10.6 Å². The van der Waals surface area contributed by atoms with Crippen molar-refractivity contribution in [2.75, 3.05) is 20.2 Å². The Kier molecular flexibility index (Phi) is 9.39. The Morgan fingerprint density at radius 1 is 0.865 bits per heavy atom. The lowest BCUT2D eigenvalue weighted by atomic mass is 9.32. The molecular formula is C45H66N2O5. The summed E-state index contributed by atoms with van der Waals surface area (Å²) in [6.07, 6.45) is 12.8. The predicted molar refractivity (Wildman–Crippen MR) is 204 cm³/mol. The first-order chi connectivity index (χ1) is 24.5. The molecule has 5 unspecified atom stereocenters. The van der Waals surface area contributed by atoms with Crippen molar-refractivity contribution in [3.63, 3.8) is 0 Å². The molecule has 0 aromatic heterocycles. The van der Waals surface area contributed by atoms with E-state index in [4.69, 9.17) is 4.74 Å². The van der Waals surface area contributed by atoms with Gasteiger partial charge in [-0.05, 0) is 159 Å². The smallest absolute Gasteiger partial charge is 0.313 e. The number of amides is 2. The van der Waals surface area contributed by atoms with E-state index in [0.717, 1.165) is 56.9 Å². The highest BCUT2D eigenvalue weighted by Crippen LogP contribution is 2.77. The molecule has 10 atom stereocenters. The van der Waals surface area contributed by atoms with Crippen LogP contribution in [0.4, 0.5) is 0 Å². The zero-order valence-electron chi connectivity index (χ0n) is 33.2. The molecule has 286 valence electrons. The van der Waals surface area contributed by atoms with Crippen LogP contribution >= 0.6 is 0 Å². The summed E-state index contributed by atoms with van der Waals surface area (Å²) >= 11 is 0. The molecule has 6 aliphatic carbocycles. The van der Waals surface area contributed by atoms with Crippen LogP contribution in [0.2, 0.25) is 0 Å². The summed E-state index contributed by atoms with van der Waals surface area (Å²) in [7, 11) is 1.39. The lowest BCUT2D eigenvalue weighted by Crippen LogP contribution is -2.67. The van der Waals surface area contributed by atoms with E-state index >= 15 is 0 Å². The summed E-state index contributed by atoms with van der Waals surface area (Å²) in [4.78, 5) is 39.8. The molecule has 7 rings (SSSR count). The van der Waals surface area contributed by atoms with Crippen LogP contribution in [0.3, 0.4) is 0 Å². The first-order valence-electron chi connectivity index (χ1n) is 20.6. The number of rotatable bonds is 9. The SMILES string of the molecule is C=C(C)C1CC[C@]2(C(=O)NCCc3cccc(C(=O)NCC4(C(=O)OC)CC4)c3)CC[C@]3(C)C(CCC4[C@@]5(C)CC[C@H](O)C(C)(C)C5CC[C@]43C)C12. The van der Waals surface area contributed by atoms with Gasteiger partial charge in [0, 0.05) is 18.7 Å². The highest BCUT2D eigenvalue weighted by atomic mass is 16.5. The van der Waals surface area contributed by atoms with E-state index in [0.29, 0.717) is 48.1 Å². The number of hydrogen-bond donors (Lipinski definition) is 3. The van der Waals surface area contributed by atoms with Gasteiger partial charge in [-0.2, -0.15) is 0 Å². The number of esters is 1. The van der Waals surface area contributed by atoms with E-state index < -0.39 is 5.41 Å². The molecule has 3 N–H and O–H groups in total. The molecule has 52 heavy (non-hydrogen) atoms. The number of ether oxygens (including phenoxy) is 1. The third-order valence-electron chi connectivity index (χ3n) is 17.4. The van der Waals surface area contributed by atoms with Gasteiger partial charge in [0.1, 0.15) is 0 Å². The second-order valence-corrected chi connectivity index (χ2v) is 19.9. The predicted octanol–water partition coefficient (Wildman–Crippen LogP) is 8.05. The number of fused-ring (bicyclic) bond motifs is 7. The van der Waals surface area contributed by atoms with Gasteiger partial charge < -0.3 is 20.5 Å². The van der Waals surface area contributed by atoms with Gasteiger partial charge in [0.25, 0.3) is 5.91 Å². The Morgan fingerprint density at radius 3 is 2.31 bits per heavy atom. The summed E-state index contributed by atoms with van der Waals surface area (Å²) in [5.74, 6) is 2.12. The van der Waals surface area contributed by atoms with E-state index in [1.54, 1.807) is 6.07 Å². The number of aliphatic hydroxyl groups excluding tert-OH is 1. The molecule has 0 heterocycles. The van der Waals surface area contributed by atoms with Crippen molar-refractivity contribution < 1.29 is 24.2 Å². The van der Waals surface area contributed by atoms with E-state index in [-0.39, 0.29) is 57.5 Å². The fourth-order valence-corrected chi connectivity index (χ4v) is 14.1. The van der Waals surface area contributed by atoms with Gasteiger partial charge in [0.05, 0.1) is 24.0 Å². The third-order valence-corrected chi connectivity index (χ3v) is 17.4. The summed E-state index contributed by atoms with van der Waals surface area (Å²) < 4.78 is 4.94. The molecular weight excluding hydrogens is 649 g/mol. The molecule has 7 nitrogen and oxygen atoms in total. The van der Waals surface area contributed by atoms with Gasteiger partial charge in [0.2, 0.25) is 5.91 Å². The number of nitrogens with one attached hydrogen (secondary N) is 2. The van der Waals surface area contributed by atoms with Crippen molar-refractivity contribution >= 4 is 17.8 Å². The van der Waals surface area contributed by atoms with Crippen LogP contribution in [0.15, 0.2) is 36.4 Å². The van der Waals surface area contributed by atoms with Crippen molar-refractivity contribution in [2.45, 2.75) is 131 Å². The molecule has 0 saturated heterocycles. The normalized spacial score (nSPS) is 40.9. The van der Waals surface area contributed by atoms with Gasteiger partial charge in [0.15, 0.2) is 0 Å². The fraction of sp³-hybridized carbons (Fsp3) is 0.756. The number of hydrogen-bond acceptors (Lipinski definition) is 5. The maximum atomic E-state index is 14.6. The largest absolute Gasteiger partial charge is 0.469 e. The zero-order valence-corrected chi connectivity index (χ0v) is 33.2. The minimum atomic E-state index is -0.574. The fourth-order valence-electron chi connectivity index (χ4n) is 14.1. The van der Waals surface area contributed by atoms with Crippen molar-refractivity contribution in [2.24, 2.45) is 62.1 Å². The second-order valence-electron chi connectivity index (χ2n) is 19.9. The second kappa shape index (κ2) is 13.0. The molecule has 1 aromatic carbocycles. The standard InChI is InChI=1S/C45H66N2O5/c1-28(2)31-14-20-45(38(50)46-25-17-29-10-9-11-30(26-29)37(49)47-27-44(22-23-44)39(51)52-8)24-21-42(6)32(36(31)45)12-13-34-41(5)18-16-35(48)40(3,4)33(41)15-19-43(34,42)7/h9-11,26,31-36,48H,1,12-25,27H2,2-8H3,(H,46,50)(H,47,49)/t31?,32?,33?,34?,35-,36?,41-,42+,43+,45-/m0/s1. The molecule has 0 spiro atoms. The number of aliphatic hydroxyl groups is 1. The summed E-state index contributed by atoms with van der Waals surface area (Å²) in [6, 6.07) is 7.61.